The van der Waals surface area contributed by atoms with Gasteiger partial charge < -0.3 is 9.73 Å². The predicted octanol–water partition coefficient (Wildman–Crippen LogP) is 3.83. The molecule has 2 aromatic carbocycles. The highest BCUT2D eigenvalue weighted by atomic mass is 35.5. The van der Waals surface area contributed by atoms with Crippen molar-refractivity contribution in [3.63, 3.8) is 0 Å². The molecule has 3 aromatic rings. The zero-order valence-electron chi connectivity index (χ0n) is 14.3. The van der Waals surface area contributed by atoms with Crippen molar-refractivity contribution in [3.8, 4) is 0 Å². The van der Waals surface area contributed by atoms with Crippen LogP contribution in [0.2, 0.25) is 5.02 Å². The lowest BCUT2D eigenvalue weighted by atomic mass is 10.1. The molecule has 4 rings (SSSR count). The molecule has 0 fully saturated rings. The number of benzene rings is 2. The Morgan fingerprint density at radius 3 is 2.64 bits per heavy atom. The molecule has 1 aromatic heterocycles. The first-order chi connectivity index (χ1) is 13.4. The van der Waals surface area contributed by atoms with E-state index >= 15 is 0 Å². The smallest absolute Gasteiger partial charge is 0.277 e. The van der Waals surface area contributed by atoms with Crippen LogP contribution < -0.4 is 10.2 Å². The van der Waals surface area contributed by atoms with Gasteiger partial charge in [0, 0.05) is 6.07 Å². The second kappa shape index (κ2) is 6.58. The number of hydrogen-bond acceptors (Lipinski definition) is 5. The Hall–Kier alpha value is -3.52. The van der Waals surface area contributed by atoms with Crippen molar-refractivity contribution >= 4 is 40.7 Å². The van der Waals surface area contributed by atoms with Crippen LogP contribution in [0.1, 0.15) is 37.0 Å². The third-order valence-corrected chi connectivity index (χ3v) is 4.60. The molecule has 1 N–H and O–H groups in total. The van der Waals surface area contributed by atoms with E-state index in [1.807, 2.05) is 0 Å². The third-order valence-electron chi connectivity index (χ3n) is 4.28. The lowest BCUT2D eigenvalue weighted by Gasteiger charge is -2.15. The van der Waals surface area contributed by atoms with Gasteiger partial charge in [-0.2, -0.15) is 0 Å². The number of nitrogens with one attached hydrogen (secondary N) is 1. The van der Waals surface area contributed by atoms with Crippen molar-refractivity contribution in [2.45, 2.75) is 6.92 Å². The lowest BCUT2D eigenvalue weighted by Crippen LogP contribution is -2.29. The van der Waals surface area contributed by atoms with Gasteiger partial charge in [0.25, 0.3) is 17.7 Å². The molecule has 0 aliphatic carbocycles. The van der Waals surface area contributed by atoms with Gasteiger partial charge in [-0.15, -0.1) is 0 Å². The molecule has 7 nitrogen and oxygen atoms in total. The van der Waals surface area contributed by atoms with E-state index in [0.29, 0.717) is 0 Å². The fourth-order valence-electron chi connectivity index (χ4n) is 2.93. The summed E-state index contributed by atoms with van der Waals surface area (Å²) in [4.78, 5) is 41.9. The second-order valence-corrected chi connectivity index (χ2v) is 6.39. The molecule has 28 heavy (non-hydrogen) atoms. The van der Waals surface area contributed by atoms with Crippen LogP contribution in [0.5, 0.6) is 0 Å². The summed E-state index contributed by atoms with van der Waals surface area (Å²) in [6.45, 7) is 1.55. The fraction of sp³-hybridized carbons (Fsp3) is 0.0526. The summed E-state index contributed by atoms with van der Waals surface area (Å²) in [6, 6.07) is 8.13. The van der Waals surface area contributed by atoms with E-state index in [2.05, 4.69) is 10.3 Å². The van der Waals surface area contributed by atoms with Crippen LogP contribution in [0, 0.1) is 12.7 Å². The summed E-state index contributed by atoms with van der Waals surface area (Å²) in [7, 11) is 0. The number of amides is 3. The minimum Gasteiger partial charge on any atom is -0.448 e. The molecule has 0 radical (unpaired) electrons. The minimum atomic E-state index is -0.824. The first-order valence-electron chi connectivity index (χ1n) is 8.06. The summed E-state index contributed by atoms with van der Waals surface area (Å²) < 4.78 is 19.5. The quantitative estimate of drug-likeness (QED) is 0.676. The molecule has 2 heterocycles. The van der Waals surface area contributed by atoms with E-state index < -0.39 is 23.5 Å². The van der Waals surface area contributed by atoms with Crippen molar-refractivity contribution in [2.75, 3.05) is 10.2 Å². The Kier molecular flexibility index (Phi) is 4.20. The van der Waals surface area contributed by atoms with Gasteiger partial charge in [0.1, 0.15) is 11.6 Å². The molecule has 140 valence electrons. The van der Waals surface area contributed by atoms with Crippen LogP contribution in [-0.4, -0.2) is 22.7 Å². The van der Waals surface area contributed by atoms with Gasteiger partial charge in [0.05, 0.1) is 27.5 Å². The van der Waals surface area contributed by atoms with Crippen molar-refractivity contribution in [1.82, 2.24) is 4.98 Å². The van der Waals surface area contributed by atoms with Crippen molar-refractivity contribution in [1.29, 1.82) is 0 Å². The first-order valence-corrected chi connectivity index (χ1v) is 8.44. The Morgan fingerprint density at radius 1 is 1.21 bits per heavy atom. The zero-order valence-corrected chi connectivity index (χ0v) is 15.1. The minimum absolute atomic E-state index is 0.0235. The number of imide groups is 1. The highest BCUT2D eigenvalue weighted by Crippen LogP contribution is 2.33. The summed E-state index contributed by atoms with van der Waals surface area (Å²) in [5.74, 6) is -2.42. The van der Waals surface area contributed by atoms with Crippen molar-refractivity contribution < 1.29 is 23.2 Å². The largest absolute Gasteiger partial charge is 0.448 e. The number of anilines is 2. The molecule has 1 aliphatic rings. The van der Waals surface area contributed by atoms with Gasteiger partial charge in [0.15, 0.2) is 12.1 Å². The summed E-state index contributed by atoms with van der Waals surface area (Å²) in [6.07, 6.45) is 1.11. The number of rotatable bonds is 3. The maximum atomic E-state index is 14.5. The Bertz CT molecular complexity index is 1160. The molecule has 0 unspecified atom stereocenters. The van der Waals surface area contributed by atoms with E-state index in [4.69, 9.17) is 16.0 Å². The average molecular weight is 400 g/mol. The predicted molar refractivity (Wildman–Crippen MR) is 98.2 cm³/mol. The molecular formula is C19H11ClFN3O4. The monoisotopic (exact) mass is 399 g/mol. The number of fused-ring (bicyclic) bond motifs is 1. The SMILES string of the molecule is Cc1ocnc1C(=O)Nc1ccc(N2C(=O)c3cccc(Cl)c3C2=O)cc1F. The topological polar surface area (TPSA) is 92.5 Å². The number of carbonyl (C=O) groups excluding carboxylic acids is 3. The van der Waals surface area contributed by atoms with Crippen LogP contribution in [-0.2, 0) is 0 Å². The van der Waals surface area contributed by atoms with Crippen molar-refractivity contribution in [3.05, 3.63) is 76.2 Å². The lowest BCUT2D eigenvalue weighted by molar-refractivity contribution is 0.0924. The van der Waals surface area contributed by atoms with Crippen LogP contribution >= 0.6 is 11.6 Å². The highest BCUT2D eigenvalue weighted by Gasteiger charge is 2.38. The molecule has 1 aliphatic heterocycles. The molecular weight excluding hydrogens is 389 g/mol. The highest BCUT2D eigenvalue weighted by molar-refractivity contribution is 6.42. The Morgan fingerprint density at radius 2 is 2.00 bits per heavy atom. The number of halogens is 2. The molecule has 9 heteroatoms. The third kappa shape index (κ3) is 2.74. The summed E-state index contributed by atoms with van der Waals surface area (Å²) in [5, 5.41) is 2.52. The molecule has 0 atom stereocenters. The number of oxazole rings is 1. The number of aryl methyl sites for hydroxylation is 1. The van der Waals surface area contributed by atoms with E-state index in [1.54, 1.807) is 13.0 Å². The number of aromatic nitrogens is 1. The molecule has 0 saturated heterocycles. The standard InChI is InChI=1S/C19H11ClFN3O4/c1-9-16(22-8-28-9)17(25)23-14-6-5-10(7-13(14)21)24-18(26)11-3-2-4-12(20)15(11)19(24)27/h2-8H,1H3,(H,23,25). The molecule has 3 amide bonds. The average Bonchev–Trinajstić information content (AvgIpc) is 3.19. The zero-order chi connectivity index (χ0) is 20.0. The maximum Gasteiger partial charge on any atom is 0.277 e. The van der Waals surface area contributed by atoms with Crippen LogP contribution in [0.4, 0.5) is 15.8 Å². The van der Waals surface area contributed by atoms with Gasteiger partial charge in [0.2, 0.25) is 0 Å². The van der Waals surface area contributed by atoms with E-state index in [1.165, 1.54) is 24.3 Å². The van der Waals surface area contributed by atoms with Gasteiger partial charge >= 0.3 is 0 Å². The van der Waals surface area contributed by atoms with Crippen LogP contribution in [0.25, 0.3) is 0 Å². The second-order valence-electron chi connectivity index (χ2n) is 5.98. The molecule has 0 bridgehead atoms. The van der Waals surface area contributed by atoms with Gasteiger partial charge in [-0.1, -0.05) is 17.7 Å². The molecule has 0 spiro atoms. The molecule has 0 saturated carbocycles. The number of hydrogen-bond donors (Lipinski definition) is 1. The Balaban J connectivity index is 1.63. The van der Waals surface area contributed by atoms with E-state index in [-0.39, 0.29) is 39.0 Å². The summed E-state index contributed by atoms with van der Waals surface area (Å²) >= 11 is 6.02. The van der Waals surface area contributed by atoms with Crippen LogP contribution in [0.3, 0.4) is 0 Å². The number of carbonyl (C=O) groups is 3. The van der Waals surface area contributed by atoms with Gasteiger partial charge in [-0.25, -0.2) is 14.3 Å². The summed E-state index contributed by atoms with van der Waals surface area (Å²) in [5.41, 5.74) is 0.143. The van der Waals surface area contributed by atoms with Crippen molar-refractivity contribution in [2.24, 2.45) is 0 Å². The fourth-order valence-corrected chi connectivity index (χ4v) is 3.18. The van der Waals surface area contributed by atoms with Crippen LogP contribution in [0.15, 0.2) is 47.2 Å². The maximum absolute atomic E-state index is 14.5. The normalized spacial score (nSPS) is 13.0. The Labute approximate surface area is 162 Å². The van der Waals surface area contributed by atoms with Gasteiger partial charge in [-0.05, 0) is 31.2 Å². The van der Waals surface area contributed by atoms with E-state index in [9.17, 15) is 18.8 Å². The number of nitrogens with zero attached hydrogens (tertiary/aromatic N) is 2. The van der Waals surface area contributed by atoms with E-state index in [0.717, 1.165) is 17.4 Å². The van der Waals surface area contributed by atoms with Gasteiger partial charge in [-0.3, -0.25) is 14.4 Å². The first kappa shape index (κ1) is 17.9.